The summed E-state index contributed by atoms with van der Waals surface area (Å²) in [6, 6.07) is 15.8. The number of furan rings is 1. The summed E-state index contributed by atoms with van der Waals surface area (Å²) in [5.41, 5.74) is 0.846. The highest BCUT2D eigenvalue weighted by Gasteiger charge is 2.15. The number of para-hydroxylation sites is 1. The van der Waals surface area contributed by atoms with E-state index in [4.69, 9.17) is 9.15 Å². The summed E-state index contributed by atoms with van der Waals surface area (Å²) in [6.45, 7) is 0.361. The normalized spacial score (nSPS) is 12.5. The molecule has 108 valence electrons. The Hall–Kier alpha value is -2.33. The lowest BCUT2D eigenvalue weighted by Crippen LogP contribution is -2.22. The lowest BCUT2D eigenvalue weighted by molar-refractivity contribution is 0.255. The molecule has 0 radical (unpaired) electrons. The largest absolute Gasteiger partial charge is 0.491 e. The Kier molecular flexibility index (Phi) is 3.88. The lowest BCUT2D eigenvalue weighted by atomic mass is 10.2. The highest BCUT2D eigenvalue weighted by atomic mass is 19.1. The number of fused-ring (bicyclic) bond motifs is 1. The number of benzene rings is 2. The van der Waals surface area contributed by atoms with E-state index in [0.29, 0.717) is 12.4 Å². The van der Waals surface area contributed by atoms with Crippen LogP contribution in [0.25, 0.3) is 11.0 Å². The molecule has 0 amide bonds. The minimum atomic E-state index is -0.308. The average Bonchev–Trinajstić information content (AvgIpc) is 2.91. The number of rotatable bonds is 5. The van der Waals surface area contributed by atoms with Crippen molar-refractivity contribution in [2.75, 3.05) is 13.7 Å². The van der Waals surface area contributed by atoms with Crippen LogP contribution >= 0.6 is 0 Å². The molecule has 3 nitrogen and oxygen atoms in total. The van der Waals surface area contributed by atoms with Crippen LogP contribution in [-0.4, -0.2) is 13.7 Å². The van der Waals surface area contributed by atoms with E-state index in [0.717, 1.165) is 16.7 Å². The Morgan fingerprint density at radius 2 is 2.00 bits per heavy atom. The number of hydrogen-bond donors (Lipinski definition) is 1. The van der Waals surface area contributed by atoms with Crippen LogP contribution in [0, 0.1) is 5.82 Å². The van der Waals surface area contributed by atoms with Gasteiger partial charge in [0, 0.05) is 11.5 Å². The van der Waals surface area contributed by atoms with Gasteiger partial charge in [0.2, 0.25) is 0 Å². The molecule has 21 heavy (non-hydrogen) atoms. The second kappa shape index (κ2) is 5.97. The molecule has 0 bridgehead atoms. The third-order valence-corrected chi connectivity index (χ3v) is 3.35. The Labute approximate surface area is 122 Å². The fraction of sp³-hybridized carbons (Fsp3) is 0.176. The second-order valence-corrected chi connectivity index (χ2v) is 4.80. The van der Waals surface area contributed by atoms with Crippen molar-refractivity contribution < 1.29 is 13.5 Å². The number of ether oxygens (including phenoxy) is 1. The molecule has 2 aromatic carbocycles. The molecule has 3 aromatic rings. The minimum absolute atomic E-state index is 0.0966. The Bertz CT molecular complexity index is 705. The van der Waals surface area contributed by atoms with Gasteiger partial charge in [-0.1, -0.05) is 24.3 Å². The number of hydrogen-bond acceptors (Lipinski definition) is 3. The predicted molar refractivity (Wildman–Crippen MR) is 79.9 cm³/mol. The van der Waals surface area contributed by atoms with Crippen molar-refractivity contribution >= 4 is 11.0 Å². The van der Waals surface area contributed by atoms with Crippen LogP contribution in [0.4, 0.5) is 4.39 Å². The van der Waals surface area contributed by atoms with Crippen LogP contribution in [0.1, 0.15) is 11.8 Å². The molecule has 0 aliphatic rings. The molecule has 1 heterocycles. The maximum atomic E-state index is 13.1. The van der Waals surface area contributed by atoms with Crippen LogP contribution in [0.5, 0.6) is 5.75 Å². The molecule has 0 saturated carbocycles. The van der Waals surface area contributed by atoms with Gasteiger partial charge in [-0.2, -0.15) is 0 Å². The van der Waals surface area contributed by atoms with Crippen molar-refractivity contribution in [3.8, 4) is 5.75 Å². The van der Waals surface area contributed by atoms with E-state index < -0.39 is 0 Å². The van der Waals surface area contributed by atoms with E-state index >= 15 is 0 Å². The van der Waals surface area contributed by atoms with Crippen LogP contribution in [-0.2, 0) is 0 Å². The molecule has 0 saturated heterocycles. The quantitative estimate of drug-likeness (QED) is 0.771. The van der Waals surface area contributed by atoms with Gasteiger partial charge in [0.1, 0.15) is 29.5 Å². The van der Waals surface area contributed by atoms with E-state index in [-0.39, 0.29) is 11.9 Å². The van der Waals surface area contributed by atoms with E-state index in [1.54, 1.807) is 12.1 Å². The summed E-state index contributed by atoms with van der Waals surface area (Å²) >= 11 is 0. The SMILES string of the molecule is CNC(COc1cccc(F)c1)c1cc2ccccc2o1. The van der Waals surface area contributed by atoms with E-state index in [2.05, 4.69) is 5.32 Å². The average molecular weight is 285 g/mol. The fourth-order valence-corrected chi connectivity index (χ4v) is 2.22. The Balaban J connectivity index is 1.75. The number of halogens is 1. The molecular formula is C17H16FNO2. The van der Waals surface area contributed by atoms with Crippen molar-refractivity contribution in [3.63, 3.8) is 0 Å². The first-order chi connectivity index (χ1) is 10.3. The topological polar surface area (TPSA) is 34.4 Å². The summed E-state index contributed by atoms with van der Waals surface area (Å²) in [5.74, 6) is 0.999. The van der Waals surface area contributed by atoms with Crippen LogP contribution in [0.15, 0.2) is 59.0 Å². The summed E-state index contributed by atoms with van der Waals surface area (Å²) in [4.78, 5) is 0. The van der Waals surface area contributed by atoms with Gasteiger partial charge in [0.15, 0.2) is 0 Å². The Morgan fingerprint density at radius 1 is 1.14 bits per heavy atom. The van der Waals surface area contributed by atoms with Gasteiger partial charge in [0.25, 0.3) is 0 Å². The molecule has 1 atom stereocenters. The molecule has 1 unspecified atom stereocenters. The van der Waals surface area contributed by atoms with Gasteiger partial charge in [-0.15, -0.1) is 0 Å². The number of likely N-dealkylation sites (N-methyl/N-ethyl adjacent to an activating group) is 1. The van der Waals surface area contributed by atoms with Crippen molar-refractivity contribution in [3.05, 3.63) is 66.2 Å². The van der Waals surface area contributed by atoms with Gasteiger partial charge in [-0.3, -0.25) is 0 Å². The van der Waals surface area contributed by atoms with E-state index in [1.165, 1.54) is 12.1 Å². The van der Waals surface area contributed by atoms with Crippen LogP contribution < -0.4 is 10.1 Å². The number of nitrogens with one attached hydrogen (secondary N) is 1. The first-order valence-corrected chi connectivity index (χ1v) is 6.80. The maximum Gasteiger partial charge on any atom is 0.134 e. The molecule has 3 rings (SSSR count). The monoisotopic (exact) mass is 285 g/mol. The van der Waals surface area contributed by atoms with E-state index in [9.17, 15) is 4.39 Å². The van der Waals surface area contributed by atoms with Crippen LogP contribution in [0.2, 0.25) is 0 Å². The van der Waals surface area contributed by atoms with Crippen LogP contribution in [0.3, 0.4) is 0 Å². The standard InChI is InChI=1S/C17H16FNO2/c1-19-15(11-20-14-7-4-6-13(18)10-14)17-9-12-5-2-3-8-16(12)21-17/h2-10,15,19H,11H2,1H3. The van der Waals surface area contributed by atoms with E-state index in [1.807, 2.05) is 37.4 Å². The summed E-state index contributed by atoms with van der Waals surface area (Å²) in [5, 5.41) is 4.21. The van der Waals surface area contributed by atoms with Gasteiger partial charge >= 0.3 is 0 Å². The molecule has 0 fully saturated rings. The zero-order valence-corrected chi connectivity index (χ0v) is 11.7. The van der Waals surface area contributed by atoms with Crippen molar-refractivity contribution in [2.45, 2.75) is 6.04 Å². The molecule has 0 aliphatic heterocycles. The summed E-state index contributed by atoms with van der Waals surface area (Å²) in [7, 11) is 1.84. The van der Waals surface area contributed by atoms with Gasteiger partial charge < -0.3 is 14.5 Å². The third kappa shape index (κ3) is 3.06. The van der Waals surface area contributed by atoms with Gasteiger partial charge in [-0.25, -0.2) is 4.39 Å². The second-order valence-electron chi connectivity index (χ2n) is 4.80. The zero-order chi connectivity index (χ0) is 14.7. The fourth-order valence-electron chi connectivity index (χ4n) is 2.22. The molecule has 0 spiro atoms. The lowest BCUT2D eigenvalue weighted by Gasteiger charge is -2.14. The summed E-state index contributed by atoms with van der Waals surface area (Å²) in [6.07, 6.45) is 0. The highest BCUT2D eigenvalue weighted by Crippen LogP contribution is 2.24. The zero-order valence-electron chi connectivity index (χ0n) is 11.7. The predicted octanol–water partition coefficient (Wildman–Crippen LogP) is 3.91. The molecule has 0 aliphatic carbocycles. The smallest absolute Gasteiger partial charge is 0.134 e. The third-order valence-electron chi connectivity index (χ3n) is 3.35. The maximum absolute atomic E-state index is 13.1. The van der Waals surface area contributed by atoms with Gasteiger partial charge in [0.05, 0.1) is 6.04 Å². The molecule has 1 N–H and O–H groups in total. The molecule has 4 heteroatoms. The van der Waals surface area contributed by atoms with Crippen molar-refractivity contribution in [1.29, 1.82) is 0 Å². The van der Waals surface area contributed by atoms with Gasteiger partial charge in [-0.05, 0) is 31.3 Å². The molecule has 1 aromatic heterocycles. The summed E-state index contributed by atoms with van der Waals surface area (Å²) < 4.78 is 24.6. The Morgan fingerprint density at radius 3 is 2.76 bits per heavy atom. The minimum Gasteiger partial charge on any atom is -0.491 e. The molecular weight excluding hydrogens is 269 g/mol. The van der Waals surface area contributed by atoms with Crippen molar-refractivity contribution in [1.82, 2.24) is 5.32 Å². The van der Waals surface area contributed by atoms with Crippen molar-refractivity contribution in [2.24, 2.45) is 0 Å². The first kappa shape index (κ1) is 13.6. The highest BCUT2D eigenvalue weighted by molar-refractivity contribution is 5.77. The first-order valence-electron chi connectivity index (χ1n) is 6.80.